The third-order valence-corrected chi connectivity index (χ3v) is 2.42. The number of ether oxygens (including phenoxy) is 2. The van der Waals surface area contributed by atoms with E-state index in [0.717, 1.165) is 0 Å². The fourth-order valence-electron chi connectivity index (χ4n) is 1.38. The van der Waals surface area contributed by atoms with Crippen molar-refractivity contribution >= 4 is 11.6 Å². The van der Waals surface area contributed by atoms with Gasteiger partial charge >= 0.3 is 0 Å². The standard InChI is InChI=1S/C12H18N2O4/c1-17-6-5-9(13)12(16)14-8-3-4-11(18-2)10(15)7-8/h3-4,7,9,15H,5-6,13H2,1-2H3,(H,14,16). The summed E-state index contributed by atoms with van der Waals surface area (Å²) in [5, 5.41) is 12.2. The summed E-state index contributed by atoms with van der Waals surface area (Å²) < 4.78 is 9.75. The van der Waals surface area contributed by atoms with Crippen LogP contribution in [0.1, 0.15) is 6.42 Å². The number of carbonyl (C=O) groups is 1. The molecule has 1 aromatic carbocycles. The van der Waals surface area contributed by atoms with E-state index in [1.807, 2.05) is 0 Å². The van der Waals surface area contributed by atoms with E-state index in [0.29, 0.717) is 24.5 Å². The molecule has 0 bridgehead atoms. The maximum atomic E-state index is 11.7. The summed E-state index contributed by atoms with van der Waals surface area (Å²) >= 11 is 0. The SMILES string of the molecule is COCCC(N)C(=O)Nc1ccc(OC)c(O)c1. The minimum absolute atomic E-state index is 0.0410. The van der Waals surface area contributed by atoms with Crippen molar-refractivity contribution in [3.63, 3.8) is 0 Å². The number of benzene rings is 1. The lowest BCUT2D eigenvalue weighted by atomic mass is 10.2. The van der Waals surface area contributed by atoms with E-state index in [9.17, 15) is 9.90 Å². The van der Waals surface area contributed by atoms with Crippen LogP contribution < -0.4 is 15.8 Å². The molecule has 0 saturated carbocycles. The highest BCUT2D eigenvalue weighted by atomic mass is 16.5. The molecule has 0 radical (unpaired) electrons. The molecule has 6 heteroatoms. The van der Waals surface area contributed by atoms with E-state index in [4.69, 9.17) is 15.2 Å². The van der Waals surface area contributed by atoms with E-state index >= 15 is 0 Å². The van der Waals surface area contributed by atoms with Crippen LogP contribution >= 0.6 is 0 Å². The lowest BCUT2D eigenvalue weighted by molar-refractivity contribution is -0.117. The summed E-state index contributed by atoms with van der Waals surface area (Å²) in [6.45, 7) is 0.419. The van der Waals surface area contributed by atoms with Crippen LogP contribution in [0.3, 0.4) is 0 Å². The van der Waals surface area contributed by atoms with E-state index in [-0.39, 0.29) is 11.7 Å². The molecule has 0 aliphatic heterocycles. The molecular formula is C12H18N2O4. The molecule has 0 aliphatic rings. The van der Waals surface area contributed by atoms with Gasteiger partial charge in [0.2, 0.25) is 5.91 Å². The molecule has 0 aliphatic carbocycles. The summed E-state index contributed by atoms with van der Waals surface area (Å²) in [6.07, 6.45) is 0.435. The number of anilines is 1. The Balaban J connectivity index is 2.61. The molecule has 1 rings (SSSR count). The fourth-order valence-corrected chi connectivity index (χ4v) is 1.38. The highest BCUT2D eigenvalue weighted by Gasteiger charge is 2.13. The Hall–Kier alpha value is -1.79. The Morgan fingerprint density at radius 2 is 2.22 bits per heavy atom. The average Bonchev–Trinajstić information content (AvgIpc) is 2.36. The van der Waals surface area contributed by atoms with Crippen molar-refractivity contribution in [2.24, 2.45) is 5.73 Å². The molecular weight excluding hydrogens is 236 g/mol. The quantitative estimate of drug-likeness (QED) is 0.695. The highest BCUT2D eigenvalue weighted by Crippen LogP contribution is 2.28. The maximum Gasteiger partial charge on any atom is 0.241 e. The van der Waals surface area contributed by atoms with Gasteiger partial charge < -0.3 is 25.6 Å². The van der Waals surface area contributed by atoms with Gasteiger partial charge in [0.25, 0.3) is 0 Å². The zero-order valence-corrected chi connectivity index (χ0v) is 10.5. The summed E-state index contributed by atoms with van der Waals surface area (Å²) in [7, 11) is 3.00. The largest absolute Gasteiger partial charge is 0.504 e. The minimum Gasteiger partial charge on any atom is -0.504 e. The van der Waals surface area contributed by atoms with E-state index in [2.05, 4.69) is 5.32 Å². The number of phenols is 1. The molecule has 1 amide bonds. The second kappa shape index (κ2) is 6.83. The Kier molecular flexibility index (Phi) is 5.41. The van der Waals surface area contributed by atoms with E-state index in [1.54, 1.807) is 19.2 Å². The molecule has 6 nitrogen and oxygen atoms in total. The van der Waals surface area contributed by atoms with Crippen molar-refractivity contribution < 1.29 is 19.4 Å². The number of carbonyl (C=O) groups excluding carboxylic acids is 1. The molecule has 0 spiro atoms. The number of rotatable bonds is 6. The van der Waals surface area contributed by atoms with Crippen molar-refractivity contribution in [2.45, 2.75) is 12.5 Å². The van der Waals surface area contributed by atoms with Crippen LogP contribution in [-0.2, 0) is 9.53 Å². The average molecular weight is 254 g/mol. The molecule has 0 saturated heterocycles. The molecule has 0 heterocycles. The first-order valence-corrected chi connectivity index (χ1v) is 5.51. The zero-order valence-electron chi connectivity index (χ0n) is 10.5. The second-order valence-corrected chi connectivity index (χ2v) is 3.76. The van der Waals surface area contributed by atoms with Gasteiger partial charge in [-0.2, -0.15) is 0 Å². The molecule has 0 aromatic heterocycles. The molecule has 100 valence electrons. The van der Waals surface area contributed by atoms with Crippen molar-refractivity contribution in [2.75, 3.05) is 26.1 Å². The first kappa shape index (κ1) is 14.3. The van der Waals surface area contributed by atoms with Gasteiger partial charge in [-0.3, -0.25) is 4.79 Å². The fraction of sp³-hybridized carbons (Fsp3) is 0.417. The zero-order chi connectivity index (χ0) is 13.5. The predicted octanol–water partition coefficient (Wildman–Crippen LogP) is 0.703. The molecule has 1 unspecified atom stereocenters. The number of phenolic OH excluding ortho intramolecular Hbond substituents is 1. The predicted molar refractivity (Wildman–Crippen MR) is 67.8 cm³/mol. The van der Waals surface area contributed by atoms with Crippen LogP contribution in [0.5, 0.6) is 11.5 Å². The molecule has 18 heavy (non-hydrogen) atoms. The number of aromatic hydroxyl groups is 1. The maximum absolute atomic E-state index is 11.7. The molecule has 0 fully saturated rings. The Bertz CT molecular complexity index is 409. The van der Waals surface area contributed by atoms with Crippen LogP contribution in [0.4, 0.5) is 5.69 Å². The number of hydrogen-bond donors (Lipinski definition) is 3. The third kappa shape index (κ3) is 3.90. The number of nitrogens with two attached hydrogens (primary N) is 1. The lowest BCUT2D eigenvalue weighted by Crippen LogP contribution is -2.36. The van der Waals surface area contributed by atoms with E-state index in [1.165, 1.54) is 13.2 Å². The summed E-state index contributed by atoms with van der Waals surface area (Å²) in [5.74, 6) is -0.0194. The van der Waals surface area contributed by atoms with Crippen molar-refractivity contribution in [3.05, 3.63) is 18.2 Å². The molecule has 4 N–H and O–H groups in total. The third-order valence-electron chi connectivity index (χ3n) is 2.42. The van der Waals surface area contributed by atoms with Crippen molar-refractivity contribution in [1.82, 2.24) is 0 Å². The summed E-state index contributed by atoms with van der Waals surface area (Å²) in [6, 6.07) is 3.94. The van der Waals surface area contributed by atoms with Gasteiger partial charge in [-0.05, 0) is 18.6 Å². The van der Waals surface area contributed by atoms with Crippen LogP contribution in [-0.4, -0.2) is 37.9 Å². The minimum atomic E-state index is -0.644. The van der Waals surface area contributed by atoms with Crippen LogP contribution in [0.15, 0.2) is 18.2 Å². The van der Waals surface area contributed by atoms with Gasteiger partial charge in [0.05, 0.1) is 13.2 Å². The van der Waals surface area contributed by atoms with Crippen molar-refractivity contribution in [1.29, 1.82) is 0 Å². The first-order chi connectivity index (χ1) is 8.58. The Morgan fingerprint density at radius 1 is 1.50 bits per heavy atom. The van der Waals surface area contributed by atoms with Gasteiger partial charge in [0, 0.05) is 25.5 Å². The normalized spacial score (nSPS) is 11.9. The number of methoxy groups -OCH3 is 2. The summed E-state index contributed by atoms with van der Waals surface area (Å²) in [4.78, 5) is 11.7. The summed E-state index contributed by atoms with van der Waals surface area (Å²) in [5.41, 5.74) is 6.13. The van der Waals surface area contributed by atoms with E-state index < -0.39 is 6.04 Å². The lowest BCUT2D eigenvalue weighted by Gasteiger charge is -2.12. The molecule has 1 atom stereocenters. The number of nitrogens with one attached hydrogen (secondary N) is 1. The Morgan fingerprint density at radius 3 is 2.78 bits per heavy atom. The van der Waals surface area contributed by atoms with Crippen molar-refractivity contribution in [3.8, 4) is 11.5 Å². The highest BCUT2D eigenvalue weighted by molar-refractivity contribution is 5.94. The van der Waals surface area contributed by atoms with Crippen LogP contribution in [0.25, 0.3) is 0 Å². The van der Waals surface area contributed by atoms with Gasteiger partial charge in [0.15, 0.2) is 11.5 Å². The number of amides is 1. The van der Waals surface area contributed by atoms with Gasteiger partial charge in [0.1, 0.15) is 0 Å². The molecule has 1 aromatic rings. The smallest absolute Gasteiger partial charge is 0.241 e. The van der Waals surface area contributed by atoms with Gasteiger partial charge in [-0.1, -0.05) is 0 Å². The van der Waals surface area contributed by atoms with Gasteiger partial charge in [-0.25, -0.2) is 0 Å². The van der Waals surface area contributed by atoms with Gasteiger partial charge in [-0.15, -0.1) is 0 Å². The monoisotopic (exact) mass is 254 g/mol. The Labute approximate surface area is 106 Å². The topological polar surface area (TPSA) is 93.8 Å². The second-order valence-electron chi connectivity index (χ2n) is 3.76. The first-order valence-electron chi connectivity index (χ1n) is 5.51. The van der Waals surface area contributed by atoms with Crippen LogP contribution in [0.2, 0.25) is 0 Å². The van der Waals surface area contributed by atoms with Crippen LogP contribution in [0, 0.1) is 0 Å². The number of hydrogen-bond acceptors (Lipinski definition) is 5.